The van der Waals surface area contributed by atoms with E-state index in [1.54, 1.807) is 0 Å². The highest BCUT2D eigenvalue weighted by Crippen LogP contribution is 2.40. The summed E-state index contributed by atoms with van der Waals surface area (Å²) in [4.78, 5) is 9.13. The van der Waals surface area contributed by atoms with Gasteiger partial charge >= 0.3 is 0 Å². The topological polar surface area (TPSA) is 25.8 Å². The highest BCUT2D eigenvalue weighted by Gasteiger charge is 2.28. The minimum Gasteiger partial charge on any atom is -0.232 e. The lowest BCUT2D eigenvalue weighted by atomic mass is 10.0. The summed E-state index contributed by atoms with van der Waals surface area (Å²) in [5.74, 6) is 1.43. The molecule has 0 aliphatic heterocycles. The largest absolute Gasteiger partial charge is 0.232 e. The molecule has 1 aliphatic carbocycles. The van der Waals surface area contributed by atoms with Crippen LogP contribution in [-0.4, -0.2) is 9.97 Å². The molecule has 0 amide bonds. The Morgan fingerprint density at radius 1 is 1.16 bits per heavy atom. The maximum absolute atomic E-state index is 6.25. The van der Waals surface area contributed by atoms with Crippen LogP contribution in [0, 0.1) is 6.92 Å². The van der Waals surface area contributed by atoms with Crippen molar-refractivity contribution < 1.29 is 0 Å². The zero-order chi connectivity index (χ0) is 13.4. The van der Waals surface area contributed by atoms with Crippen molar-refractivity contribution >= 4 is 11.6 Å². The molecule has 0 atom stereocenters. The smallest absolute Gasteiger partial charge is 0.136 e. The molecule has 98 valence electrons. The van der Waals surface area contributed by atoms with Gasteiger partial charge in [0, 0.05) is 17.0 Å². The highest BCUT2D eigenvalue weighted by atomic mass is 35.5. The lowest BCUT2D eigenvalue weighted by Gasteiger charge is -2.09. The maximum atomic E-state index is 6.25. The van der Waals surface area contributed by atoms with E-state index in [0.29, 0.717) is 11.1 Å². The molecule has 3 rings (SSSR count). The van der Waals surface area contributed by atoms with Crippen molar-refractivity contribution in [3.63, 3.8) is 0 Å². The molecule has 0 bridgehead atoms. The normalized spacial score (nSPS) is 14.7. The van der Waals surface area contributed by atoms with Gasteiger partial charge < -0.3 is 0 Å². The molecule has 0 unspecified atom stereocenters. The van der Waals surface area contributed by atoms with Gasteiger partial charge in [0.2, 0.25) is 0 Å². The van der Waals surface area contributed by atoms with Crippen molar-refractivity contribution in [2.45, 2.75) is 39.0 Å². The Morgan fingerprint density at radius 2 is 1.84 bits per heavy atom. The van der Waals surface area contributed by atoms with Crippen LogP contribution in [0.4, 0.5) is 0 Å². The summed E-state index contributed by atoms with van der Waals surface area (Å²) in [6.07, 6.45) is 3.43. The van der Waals surface area contributed by atoms with E-state index in [9.17, 15) is 0 Å². The zero-order valence-corrected chi connectivity index (χ0v) is 12.0. The van der Waals surface area contributed by atoms with E-state index in [2.05, 4.69) is 36.2 Å². The van der Waals surface area contributed by atoms with E-state index < -0.39 is 0 Å². The lowest BCUT2D eigenvalue weighted by molar-refractivity contribution is 0.922. The summed E-state index contributed by atoms with van der Waals surface area (Å²) in [5, 5.41) is 0.589. The first kappa shape index (κ1) is 12.6. The Hall–Kier alpha value is -1.41. The van der Waals surface area contributed by atoms with Crippen LogP contribution < -0.4 is 0 Å². The van der Waals surface area contributed by atoms with Crippen LogP contribution >= 0.6 is 11.6 Å². The standard InChI is InChI=1S/C16H17ClN2/c1-3-11-4-6-12(7-5-11)14-10(2)15(17)19-16(18-14)13-8-9-13/h4-7,13H,3,8-9H2,1-2H3. The minimum absolute atomic E-state index is 0.520. The Morgan fingerprint density at radius 3 is 2.42 bits per heavy atom. The molecule has 0 spiro atoms. The molecule has 2 aromatic rings. The fraction of sp³-hybridized carbons (Fsp3) is 0.375. The molecule has 1 saturated carbocycles. The number of aryl methyl sites for hydroxylation is 1. The summed E-state index contributed by atoms with van der Waals surface area (Å²) in [5.41, 5.74) is 4.41. The molecule has 1 aromatic heterocycles. The second kappa shape index (κ2) is 4.93. The SMILES string of the molecule is CCc1ccc(-c2nc(C3CC3)nc(Cl)c2C)cc1. The van der Waals surface area contributed by atoms with Gasteiger partial charge in [-0.2, -0.15) is 0 Å². The molecule has 19 heavy (non-hydrogen) atoms. The number of rotatable bonds is 3. The molecule has 0 radical (unpaired) electrons. The number of benzene rings is 1. The van der Waals surface area contributed by atoms with Gasteiger partial charge in [-0.1, -0.05) is 42.8 Å². The first-order valence-corrected chi connectivity index (χ1v) is 7.20. The van der Waals surface area contributed by atoms with Crippen LogP contribution in [0.15, 0.2) is 24.3 Å². The second-order valence-corrected chi connectivity index (χ2v) is 5.53. The highest BCUT2D eigenvalue weighted by molar-refractivity contribution is 6.30. The first-order chi connectivity index (χ1) is 9.19. The maximum Gasteiger partial charge on any atom is 0.136 e. The predicted octanol–water partition coefficient (Wildman–Crippen LogP) is 4.55. The molecule has 1 aromatic carbocycles. The minimum atomic E-state index is 0.520. The fourth-order valence-corrected chi connectivity index (χ4v) is 2.39. The number of halogens is 1. The second-order valence-electron chi connectivity index (χ2n) is 5.17. The predicted molar refractivity (Wildman–Crippen MR) is 78.6 cm³/mol. The van der Waals surface area contributed by atoms with Crippen LogP contribution in [-0.2, 0) is 6.42 Å². The number of hydrogen-bond acceptors (Lipinski definition) is 2. The molecule has 0 N–H and O–H groups in total. The zero-order valence-electron chi connectivity index (χ0n) is 11.3. The Balaban J connectivity index is 2.06. The van der Waals surface area contributed by atoms with E-state index in [4.69, 9.17) is 16.6 Å². The summed E-state index contributed by atoms with van der Waals surface area (Å²) in [6, 6.07) is 8.56. The van der Waals surface area contributed by atoms with Gasteiger partial charge in [-0.15, -0.1) is 0 Å². The van der Waals surface area contributed by atoms with E-state index >= 15 is 0 Å². The van der Waals surface area contributed by atoms with Crippen molar-refractivity contribution in [2.75, 3.05) is 0 Å². The van der Waals surface area contributed by atoms with Crippen LogP contribution in [0.3, 0.4) is 0 Å². The van der Waals surface area contributed by atoms with E-state index in [-0.39, 0.29) is 0 Å². The van der Waals surface area contributed by atoms with E-state index in [1.807, 2.05) is 6.92 Å². The third kappa shape index (κ3) is 2.50. The van der Waals surface area contributed by atoms with Gasteiger partial charge in [-0.3, -0.25) is 0 Å². The average Bonchev–Trinajstić information content (AvgIpc) is 3.26. The van der Waals surface area contributed by atoms with Gasteiger partial charge in [0.1, 0.15) is 11.0 Å². The fourth-order valence-electron chi connectivity index (χ4n) is 2.21. The monoisotopic (exact) mass is 272 g/mol. The number of nitrogens with zero attached hydrogens (tertiary/aromatic N) is 2. The lowest BCUT2D eigenvalue weighted by Crippen LogP contribution is -1.99. The van der Waals surface area contributed by atoms with E-state index in [0.717, 1.165) is 29.1 Å². The van der Waals surface area contributed by atoms with E-state index in [1.165, 1.54) is 18.4 Å². The molecule has 2 nitrogen and oxygen atoms in total. The molecular formula is C16H17ClN2. The Kier molecular flexibility index (Phi) is 3.28. The van der Waals surface area contributed by atoms with Crippen LogP contribution in [0.2, 0.25) is 5.15 Å². The molecule has 0 saturated heterocycles. The van der Waals surface area contributed by atoms with Crippen LogP contribution in [0.1, 0.15) is 42.6 Å². The molecule has 3 heteroatoms. The molecular weight excluding hydrogens is 256 g/mol. The van der Waals surface area contributed by atoms with Gasteiger partial charge in [0.05, 0.1) is 5.69 Å². The Labute approximate surface area is 118 Å². The first-order valence-electron chi connectivity index (χ1n) is 6.82. The summed E-state index contributed by atoms with van der Waals surface area (Å²) in [7, 11) is 0. The van der Waals surface area contributed by atoms with Crippen molar-refractivity contribution in [3.8, 4) is 11.3 Å². The summed E-state index contributed by atoms with van der Waals surface area (Å²) in [6.45, 7) is 4.15. The van der Waals surface area contributed by atoms with Crippen LogP contribution in [0.5, 0.6) is 0 Å². The molecule has 1 fully saturated rings. The van der Waals surface area contributed by atoms with Gasteiger partial charge in [0.25, 0.3) is 0 Å². The number of aromatic nitrogens is 2. The summed E-state index contributed by atoms with van der Waals surface area (Å²) < 4.78 is 0. The quantitative estimate of drug-likeness (QED) is 0.767. The molecule has 1 heterocycles. The number of hydrogen-bond donors (Lipinski definition) is 0. The Bertz CT molecular complexity index is 601. The van der Waals surface area contributed by atoms with Crippen molar-refractivity contribution in [3.05, 3.63) is 46.4 Å². The summed E-state index contributed by atoms with van der Waals surface area (Å²) >= 11 is 6.25. The van der Waals surface area contributed by atoms with Crippen molar-refractivity contribution in [1.29, 1.82) is 0 Å². The third-order valence-corrected chi connectivity index (χ3v) is 4.05. The van der Waals surface area contributed by atoms with Gasteiger partial charge in [0.15, 0.2) is 0 Å². The van der Waals surface area contributed by atoms with Crippen LogP contribution in [0.25, 0.3) is 11.3 Å². The van der Waals surface area contributed by atoms with Crippen molar-refractivity contribution in [2.24, 2.45) is 0 Å². The average molecular weight is 273 g/mol. The molecule has 1 aliphatic rings. The van der Waals surface area contributed by atoms with Gasteiger partial charge in [-0.25, -0.2) is 9.97 Å². The third-order valence-electron chi connectivity index (χ3n) is 3.68. The van der Waals surface area contributed by atoms with Gasteiger partial charge in [-0.05, 0) is 31.7 Å². The van der Waals surface area contributed by atoms with Crippen molar-refractivity contribution in [1.82, 2.24) is 9.97 Å².